The lowest BCUT2D eigenvalue weighted by atomic mass is 10.2. The van der Waals surface area contributed by atoms with Crippen LogP contribution in [0.4, 0.5) is 10.5 Å². The Labute approximate surface area is 155 Å². The van der Waals surface area contributed by atoms with Gasteiger partial charge in [0.15, 0.2) is 0 Å². The second-order valence-electron chi connectivity index (χ2n) is 5.71. The van der Waals surface area contributed by atoms with Crippen LogP contribution in [0.25, 0.3) is 0 Å². The first-order valence-electron chi connectivity index (χ1n) is 7.65. The normalized spacial score (nSPS) is 17.4. The molecule has 130 valence electrons. The monoisotopic (exact) mass is 378 g/mol. The molecule has 0 unspecified atom stereocenters. The van der Waals surface area contributed by atoms with Gasteiger partial charge in [0, 0.05) is 6.54 Å². The van der Waals surface area contributed by atoms with Crippen molar-refractivity contribution >= 4 is 40.8 Å². The lowest BCUT2D eigenvalue weighted by Gasteiger charge is -2.19. The molecule has 1 aliphatic rings. The molecular formula is C18H16Cl2N2O3. The zero-order chi connectivity index (χ0) is 18.1. The summed E-state index contributed by atoms with van der Waals surface area (Å²) in [5.41, 5.74) is 1.32. The Kier molecular flexibility index (Phi) is 4.88. The maximum absolute atomic E-state index is 12.8. The highest BCUT2D eigenvalue weighted by Crippen LogP contribution is 2.31. The van der Waals surface area contributed by atoms with E-state index in [0.29, 0.717) is 22.3 Å². The number of ether oxygens (including phenoxy) is 1. The van der Waals surface area contributed by atoms with Crippen LogP contribution in [0.3, 0.4) is 0 Å². The average Bonchev–Trinajstić information content (AvgIpc) is 2.82. The van der Waals surface area contributed by atoms with Crippen molar-refractivity contribution in [1.29, 1.82) is 0 Å². The Morgan fingerprint density at radius 1 is 1.04 bits per heavy atom. The third-order valence-electron chi connectivity index (χ3n) is 4.16. The van der Waals surface area contributed by atoms with Gasteiger partial charge in [-0.2, -0.15) is 0 Å². The molecule has 0 radical (unpaired) electrons. The van der Waals surface area contributed by atoms with Crippen LogP contribution >= 0.6 is 23.2 Å². The number of imide groups is 1. The number of carbonyl (C=O) groups excluding carboxylic acids is 2. The van der Waals surface area contributed by atoms with Gasteiger partial charge >= 0.3 is 6.03 Å². The molecule has 2 aromatic rings. The molecule has 3 amide bonds. The molecule has 1 aliphatic heterocycles. The lowest BCUT2D eigenvalue weighted by Crippen LogP contribution is -2.33. The highest BCUT2D eigenvalue weighted by Gasteiger charge is 2.43. The predicted octanol–water partition coefficient (Wildman–Crippen LogP) is 4.36. The second-order valence-corrected chi connectivity index (χ2v) is 6.52. The molecule has 0 saturated carbocycles. The van der Waals surface area contributed by atoms with Gasteiger partial charge in [-0.05, 0) is 42.8 Å². The highest BCUT2D eigenvalue weighted by molar-refractivity contribution is 6.42. The molecule has 25 heavy (non-hydrogen) atoms. The Morgan fingerprint density at radius 2 is 1.72 bits per heavy atom. The van der Waals surface area contributed by atoms with Gasteiger partial charge in [0.05, 0.1) is 22.8 Å². The summed E-state index contributed by atoms with van der Waals surface area (Å²) in [4.78, 5) is 28.0. The van der Waals surface area contributed by atoms with Crippen molar-refractivity contribution in [3.63, 3.8) is 0 Å². The first kappa shape index (κ1) is 17.6. The molecule has 1 saturated heterocycles. The van der Waals surface area contributed by atoms with Crippen molar-refractivity contribution in [3.8, 4) is 5.75 Å². The minimum Gasteiger partial charge on any atom is -0.497 e. The highest BCUT2D eigenvalue weighted by atomic mass is 35.5. The molecule has 0 N–H and O–H groups in total. The van der Waals surface area contributed by atoms with E-state index < -0.39 is 6.04 Å². The number of carbonyl (C=O) groups is 2. The number of nitrogens with zero attached hydrogens (tertiary/aromatic N) is 2. The number of halogens is 2. The summed E-state index contributed by atoms with van der Waals surface area (Å²) < 4.78 is 5.13. The maximum Gasteiger partial charge on any atom is 0.332 e. The van der Waals surface area contributed by atoms with Gasteiger partial charge in [0.25, 0.3) is 5.91 Å². The first-order chi connectivity index (χ1) is 11.9. The fourth-order valence-corrected chi connectivity index (χ4v) is 2.99. The SMILES string of the molecule is COc1ccc(CN2C(=O)N(c3ccc(Cl)c(Cl)c3)C(=O)[C@H]2C)cc1. The van der Waals surface area contributed by atoms with E-state index in [9.17, 15) is 9.59 Å². The van der Waals surface area contributed by atoms with Gasteiger partial charge < -0.3 is 9.64 Å². The van der Waals surface area contributed by atoms with E-state index in [1.165, 1.54) is 11.0 Å². The van der Waals surface area contributed by atoms with Gasteiger partial charge in [-0.3, -0.25) is 4.79 Å². The molecule has 0 spiro atoms. The number of amides is 3. The number of anilines is 1. The number of methoxy groups -OCH3 is 1. The minimum absolute atomic E-state index is 0.293. The van der Waals surface area contributed by atoms with Crippen molar-refractivity contribution in [1.82, 2.24) is 4.90 Å². The standard InChI is InChI=1S/C18H16Cl2N2O3/c1-11-17(23)22(13-5-8-15(19)16(20)9-13)18(24)21(11)10-12-3-6-14(25-2)7-4-12/h3-9,11H,10H2,1-2H3/t11-/m1/s1. The van der Waals surface area contributed by atoms with Gasteiger partial charge in [-0.1, -0.05) is 35.3 Å². The first-order valence-corrected chi connectivity index (χ1v) is 8.40. The van der Waals surface area contributed by atoms with E-state index >= 15 is 0 Å². The summed E-state index contributed by atoms with van der Waals surface area (Å²) >= 11 is 11.9. The van der Waals surface area contributed by atoms with Crippen LogP contribution in [-0.4, -0.2) is 30.0 Å². The largest absolute Gasteiger partial charge is 0.497 e. The van der Waals surface area contributed by atoms with Crippen molar-refractivity contribution < 1.29 is 14.3 Å². The molecule has 1 atom stereocenters. The summed E-state index contributed by atoms with van der Waals surface area (Å²) in [6.07, 6.45) is 0. The number of urea groups is 1. The van der Waals surface area contributed by atoms with Crippen LogP contribution in [0.2, 0.25) is 10.0 Å². The second kappa shape index (κ2) is 6.94. The van der Waals surface area contributed by atoms with E-state index in [-0.39, 0.29) is 11.9 Å². The van der Waals surface area contributed by atoms with Gasteiger partial charge in [-0.15, -0.1) is 0 Å². The molecular weight excluding hydrogens is 363 g/mol. The predicted molar refractivity (Wildman–Crippen MR) is 97.3 cm³/mol. The minimum atomic E-state index is -0.566. The van der Waals surface area contributed by atoms with E-state index in [1.807, 2.05) is 24.3 Å². The molecule has 3 rings (SSSR count). The third kappa shape index (κ3) is 3.30. The van der Waals surface area contributed by atoms with Crippen molar-refractivity contribution in [2.75, 3.05) is 12.0 Å². The smallest absolute Gasteiger partial charge is 0.332 e. The maximum atomic E-state index is 12.8. The molecule has 2 aromatic carbocycles. The van der Waals surface area contributed by atoms with Gasteiger partial charge in [0.2, 0.25) is 0 Å². The third-order valence-corrected chi connectivity index (χ3v) is 4.89. The quantitative estimate of drug-likeness (QED) is 0.742. The van der Waals surface area contributed by atoms with E-state index in [2.05, 4.69) is 0 Å². The van der Waals surface area contributed by atoms with Crippen LogP contribution in [0.15, 0.2) is 42.5 Å². The molecule has 1 fully saturated rings. The Bertz CT molecular complexity index is 824. The fourth-order valence-electron chi connectivity index (χ4n) is 2.70. The van der Waals surface area contributed by atoms with Gasteiger partial charge in [-0.25, -0.2) is 9.69 Å². The zero-order valence-electron chi connectivity index (χ0n) is 13.7. The van der Waals surface area contributed by atoms with Crippen molar-refractivity contribution in [2.45, 2.75) is 19.5 Å². The van der Waals surface area contributed by atoms with Crippen LogP contribution in [0.1, 0.15) is 12.5 Å². The summed E-state index contributed by atoms with van der Waals surface area (Å²) in [5.74, 6) is 0.440. The van der Waals surface area contributed by atoms with Crippen LogP contribution in [-0.2, 0) is 11.3 Å². The summed E-state index contributed by atoms with van der Waals surface area (Å²) in [5, 5.41) is 0.661. The molecule has 7 heteroatoms. The lowest BCUT2D eigenvalue weighted by molar-refractivity contribution is -0.119. The molecule has 0 bridgehead atoms. The Morgan fingerprint density at radius 3 is 2.32 bits per heavy atom. The average molecular weight is 379 g/mol. The van der Waals surface area contributed by atoms with Crippen molar-refractivity contribution in [3.05, 3.63) is 58.1 Å². The number of hydrogen-bond donors (Lipinski definition) is 0. The Hall–Kier alpha value is -2.24. The van der Waals surface area contributed by atoms with Crippen LogP contribution < -0.4 is 9.64 Å². The van der Waals surface area contributed by atoms with Crippen LogP contribution in [0.5, 0.6) is 5.75 Å². The number of hydrogen-bond acceptors (Lipinski definition) is 3. The molecule has 0 aliphatic carbocycles. The van der Waals surface area contributed by atoms with E-state index in [0.717, 1.165) is 16.2 Å². The molecule has 1 heterocycles. The summed E-state index contributed by atoms with van der Waals surface area (Å²) in [6, 6.07) is 11.1. The van der Waals surface area contributed by atoms with Gasteiger partial charge in [0.1, 0.15) is 11.8 Å². The van der Waals surface area contributed by atoms with E-state index in [4.69, 9.17) is 27.9 Å². The fraction of sp³-hybridized carbons (Fsp3) is 0.222. The number of rotatable bonds is 4. The molecule has 0 aromatic heterocycles. The summed E-state index contributed by atoms with van der Waals surface area (Å²) in [6.45, 7) is 2.04. The van der Waals surface area contributed by atoms with Crippen LogP contribution in [0, 0.1) is 0 Å². The summed E-state index contributed by atoms with van der Waals surface area (Å²) in [7, 11) is 1.59. The zero-order valence-corrected chi connectivity index (χ0v) is 15.2. The topological polar surface area (TPSA) is 49.9 Å². The number of benzene rings is 2. The Balaban J connectivity index is 1.85. The van der Waals surface area contributed by atoms with E-state index in [1.54, 1.807) is 26.2 Å². The van der Waals surface area contributed by atoms with Crippen molar-refractivity contribution in [2.24, 2.45) is 0 Å². The molecule has 5 nitrogen and oxygen atoms in total.